The third-order valence-electron chi connectivity index (χ3n) is 2.89. The second-order valence-corrected chi connectivity index (χ2v) is 4.19. The number of benzene rings is 2. The highest BCUT2D eigenvalue weighted by molar-refractivity contribution is 6.01. The van der Waals surface area contributed by atoms with E-state index in [1.165, 1.54) is 6.92 Å². The maximum absolute atomic E-state index is 11.5. The molecule has 2 aromatic rings. The normalized spacial score (nSPS) is 10.2. The van der Waals surface area contributed by atoms with Crippen LogP contribution in [0.1, 0.15) is 17.3 Å². The monoisotopic (exact) mass is 273 g/mol. The molecule has 0 aliphatic carbocycles. The Hall–Kier alpha value is -2.89. The summed E-state index contributed by atoms with van der Waals surface area (Å²) in [6, 6.07) is 9.05. The molecule has 0 saturated heterocycles. The van der Waals surface area contributed by atoms with E-state index in [2.05, 4.69) is 0 Å². The quantitative estimate of drug-likeness (QED) is 0.508. The zero-order valence-electron chi connectivity index (χ0n) is 10.5. The molecule has 0 aliphatic heterocycles. The van der Waals surface area contributed by atoms with Crippen LogP contribution in [0.3, 0.4) is 0 Å². The minimum atomic E-state index is -0.798. The Morgan fingerprint density at radius 1 is 1.15 bits per heavy atom. The van der Waals surface area contributed by atoms with Gasteiger partial charge in [0.25, 0.3) is 0 Å². The number of hydrogen-bond donors (Lipinski definition) is 2. The van der Waals surface area contributed by atoms with Crippen LogP contribution in [0.5, 0.6) is 11.5 Å². The van der Waals surface area contributed by atoms with E-state index in [4.69, 9.17) is 0 Å². The van der Waals surface area contributed by atoms with E-state index < -0.39 is 27.9 Å². The lowest BCUT2D eigenvalue weighted by Crippen LogP contribution is -1.99. The molecule has 20 heavy (non-hydrogen) atoms. The van der Waals surface area contributed by atoms with Crippen LogP contribution in [0.4, 0.5) is 5.69 Å². The zero-order valence-corrected chi connectivity index (χ0v) is 10.5. The van der Waals surface area contributed by atoms with E-state index >= 15 is 0 Å². The van der Waals surface area contributed by atoms with Gasteiger partial charge < -0.3 is 10.2 Å². The fourth-order valence-corrected chi connectivity index (χ4v) is 1.93. The number of carbonyl (C=O) groups is 1. The number of carbonyl (C=O) groups excluding carboxylic acids is 1. The van der Waals surface area contributed by atoms with Crippen molar-refractivity contribution < 1.29 is 19.9 Å². The maximum atomic E-state index is 11.5. The van der Waals surface area contributed by atoms with E-state index in [0.29, 0.717) is 5.56 Å². The maximum Gasteiger partial charge on any atom is 0.312 e. The summed E-state index contributed by atoms with van der Waals surface area (Å²) in [4.78, 5) is 21.6. The Morgan fingerprint density at radius 2 is 1.75 bits per heavy atom. The Bertz CT molecular complexity index is 656. The Kier molecular flexibility index (Phi) is 3.39. The fourth-order valence-electron chi connectivity index (χ4n) is 1.93. The van der Waals surface area contributed by atoms with Gasteiger partial charge in [-0.15, -0.1) is 0 Å². The Morgan fingerprint density at radius 3 is 2.25 bits per heavy atom. The van der Waals surface area contributed by atoms with Crippen LogP contribution in [0.15, 0.2) is 36.4 Å². The Balaban J connectivity index is 2.85. The minimum Gasteiger partial charge on any atom is -0.506 e. The average molecular weight is 273 g/mol. The van der Waals surface area contributed by atoms with Gasteiger partial charge in [-0.05, 0) is 12.5 Å². The molecule has 2 N–H and O–H groups in total. The van der Waals surface area contributed by atoms with Gasteiger partial charge in [-0.2, -0.15) is 0 Å². The van der Waals surface area contributed by atoms with Crippen LogP contribution in [-0.4, -0.2) is 20.9 Å². The van der Waals surface area contributed by atoms with Crippen LogP contribution >= 0.6 is 0 Å². The van der Waals surface area contributed by atoms with Crippen molar-refractivity contribution in [2.75, 3.05) is 0 Å². The van der Waals surface area contributed by atoms with Crippen LogP contribution in [-0.2, 0) is 0 Å². The van der Waals surface area contributed by atoms with Gasteiger partial charge in [-0.25, -0.2) is 0 Å². The van der Waals surface area contributed by atoms with Gasteiger partial charge in [0.05, 0.1) is 16.1 Å². The number of aromatic hydroxyl groups is 2. The zero-order chi connectivity index (χ0) is 14.9. The van der Waals surface area contributed by atoms with Gasteiger partial charge >= 0.3 is 5.69 Å². The number of phenolic OH excluding ortho intramolecular Hbond substituents is 2. The molecule has 0 spiro atoms. The SMILES string of the molecule is CC(=O)c1cc([N+](=O)[O-])c(O)c(-c2ccccc2)c1O. The summed E-state index contributed by atoms with van der Waals surface area (Å²) in [5.41, 5.74) is -0.557. The number of nitro groups is 1. The number of hydrogen-bond acceptors (Lipinski definition) is 5. The number of Topliss-reactive ketones (excluding diaryl/α,β-unsaturated/α-hetero) is 1. The predicted octanol–water partition coefficient (Wildman–Crippen LogP) is 2.88. The standard InChI is InChI=1S/C14H11NO5/c1-8(16)10-7-11(15(19)20)14(18)12(13(10)17)9-5-3-2-4-6-9/h2-7,17-18H,1H3. The molecule has 2 rings (SSSR count). The van der Waals surface area contributed by atoms with Crippen molar-refractivity contribution in [1.29, 1.82) is 0 Å². The van der Waals surface area contributed by atoms with Gasteiger partial charge in [0.2, 0.25) is 5.75 Å². The summed E-state index contributed by atoms with van der Waals surface area (Å²) >= 11 is 0. The largest absolute Gasteiger partial charge is 0.506 e. The first-order valence-electron chi connectivity index (χ1n) is 5.73. The highest BCUT2D eigenvalue weighted by atomic mass is 16.6. The van der Waals surface area contributed by atoms with Gasteiger partial charge in [0.1, 0.15) is 5.75 Å². The molecule has 0 amide bonds. The van der Waals surface area contributed by atoms with Crippen molar-refractivity contribution in [3.8, 4) is 22.6 Å². The molecule has 102 valence electrons. The van der Waals surface area contributed by atoms with Crippen molar-refractivity contribution in [2.24, 2.45) is 0 Å². The summed E-state index contributed by atoms with van der Waals surface area (Å²) in [5, 5.41) is 31.0. The number of nitrogens with zero attached hydrogens (tertiary/aromatic N) is 1. The number of rotatable bonds is 3. The van der Waals surface area contributed by atoms with Crippen molar-refractivity contribution in [2.45, 2.75) is 6.92 Å². The second-order valence-electron chi connectivity index (χ2n) is 4.19. The molecule has 0 atom stereocenters. The topological polar surface area (TPSA) is 101 Å². The first-order valence-corrected chi connectivity index (χ1v) is 5.73. The summed E-state index contributed by atoms with van der Waals surface area (Å²) in [6.45, 7) is 1.19. The van der Waals surface area contributed by atoms with Crippen LogP contribution in [0.2, 0.25) is 0 Å². The van der Waals surface area contributed by atoms with Gasteiger partial charge in [-0.1, -0.05) is 30.3 Å². The number of ketones is 1. The molecule has 2 aromatic carbocycles. The van der Waals surface area contributed by atoms with Crippen LogP contribution in [0, 0.1) is 10.1 Å². The highest BCUT2D eigenvalue weighted by Gasteiger charge is 2.26. The van der Waals surface area contributed by atoms with Gasteiger partial charge in [0.15, 0.2) is 5.78 Å². The molecule has 0 bridgehead atoms. The molecule has 0 fully saturated rings. The smallest absolute Gasteiger partial charge is 0.312 e. The van der Waals surface area contributed by atoms with E-state index in [1.807, 2.05) is 0 Å². The number of nitro benzene ring substituents is 1. The van der Waals surface area contributed by atoms with E-state index in [1.54, 1.807) is 30.3 Å². The number of phenols is 2. The van der Waals surface area contributed by atoms with E-state index in [0.717, 1.165) is 6.07 Å². The molecule has 0 heterocycles. The second kappa shape index (κ2) is 5.00. The molecule has 0 unspecified atom stereocenters. The van der Waals surface area contributed by atoms with Crippen LogP contribution < -0.4 is 0 Å². The first kappa shape index (κ1) is 13.5. The van der Waals surface area contributed by atoms with E-state index in [-0.39, 0.29) is 11.1 Å². The lowest BCUT2D eigenvalue weighted by molar-refractivity contribution is -0.385. The molecule has 6 heteroatoms. The van der Waals surface area contributed by atoms with Crippen molar-refractivity contribution in [3.63, 3.8) is 0 Å². The highest BCUT2D eigenvalue weighted by Crippen LogP contribution is 2.45. The summed E-state index contributed by atoms with van der Waals surface area (Å²) < 4.78 is 0. The van der Waals surface area contributed by atoms with Crippen molar-refractivity contribution in [3.05, 3.63) is 52.1 Å². The summed E-state index contributed by atoms with van der Waals surface area (Å²) in [7, 11) is 0. The summed E-state index contributed by atoms with van der Waals surface area (Å²) in [5.74, 6) is -1.65. The van der Waals surface area contributed by atoms with Gasteiger partial charge in [0, 0.05) is 6.07 Å². The third kappa shape index (κ3) is 2.18. The lowest BCUT2D eigenvalue weighted by Gasteiger charge is -2.11. The predicted molar refractivity (Wildman–Crippen MR) is 71.9 cm³/mol. The average Bonchev–Trinajstić information content (AvgIpc) is 2.39. The molecule has 0 radical (unpaired) electrons. The fraction of sp³-hybridized carbons (Fsp3) is 0.0714. The molecule has 6 nitrogen and oxygen atoms in total. The minimum absolute atomic E-state index is 0.120. The van der Waals surface area contributed by atoms with Crippen molar-refractivity contribution in [1.82, 2.24) is 0 Å². The molecular weight excluding hydrogens is 262 g/mol. The third-order valence-corrected chi connectivity index (χ3v) is 2.89. The molecular formula is C14H11NO5. The Labute approximate surface area is 114 Å². The van der Waals surface area contributed by atoms with Crippen LogP contribution in [0.25, 0.3) is 11.1 Å². The van der Waals surface area contributed by atoms with Crippen molar-refractivity contribution >= 4 is 11.5 Å². The molecule has 0 aliphatic rings. The van der Waals surface area contributed by atoms with E-state index in [9.17, 15) is 25.1 Å². The van der Waals surface area contributed by atoms with Gasteiger partial charge in [-0.3, -0.25) is 14.9 Å². The molecule has 0 aromatic heterocycles. The molecule has 0 saturated carbocycles. The summed E-state index contributed by atoms with van der Waals surface area (Å²) in [6.07, 6.45) is 0. The first-order chi connectivity index (χ1) is 9.43. The lowest BCUT2D eigenvalue weighted by atomic mass is 9.97.